The Bertz CT molecular complexity index is 1780. The summed E-state index contributed by atoms with van der Waals surface area (Å²) in [6, 6.07) is -8.38. The molecule has 0 saturated heterocycles. The van der Waals surface area contributed by atoms with Crippen LogP contribution in [0.1, 0.15) is 59.9 Å². The number of phenols is 1. The van der Waals surface area contributed by atoms with Crippen LogP contribution in [0, 0.1) is 11.8 Å². The number of aliphatic hydroxyl groups excluding tert-OH is 5. The summed E-state index contributed by atoms with van der Waals surface area (Å²) < 4.78 is 0. The normalized spacial score (nSPS) is 15.8. The van der Waals surface area contributed by atoms with Gasteiger partial charge in [-0.25, -0.2) is 4.79 Å². The van der Waals surface area contributed by atoms with Crippen molar-refractivity contribution < 1.29 is 78.9 Å². The molecule has 366 valence electrons. The van der Waals surface area contributed by atoms with Gasteiger partial charge < -0.3 is 84.0 Å². The molecule has 0 unspecified atom stereocenters. The lowest BCUT2D eigenvalue weighted by atomic mass is 9.99. The number of aromatic hydroxyl groups is 1. The van der Waals surface area contributed by atoms with Gasteiger partial charge in [0.05, 0.1) is 32.5 Å². The van der Waals surface area contributed by atoms with Crippen molar-refractivity contribution in [2.24, 2.45) is 17.6 Å². The van der Waals surface area contributed by atoms with Crippen LogP contribution in [-0.2, 0) is 49.6 Å². The number of carboxylic acids is 1. The van der Waals surface area contributed by atoms with E-state index in [0.29, 0.717) is 5.56 Å². The molecular formula is C40H65N9O16. The van der Waals surface area contributed by atoms with Crippen LogP contribution in [0.4, 0.5) is 0 Å². The number of aliphatic hydroxyl groups is 5. The quantitative estimate of drug-likeness (QED) is 0.0372. The van der Waals surface area contributed by atoms with Gasteiger partial charge in [0, 0.05) is 6.42 Å². The second-order valence-corrected chi connectivity index (χ2v) is 16.1. The summed E-state index contributed by atoms with van der Waals surface area (Å²) in [6.07, 6.45) is -1.80. The molecule has 25 nitrogen and oxygen atoms in total. The standard InChI is InChI=1S/C40H65N9O16/c1-18(2)11-25(34(58)43-26(13-22-7-9-23(55)10-8-22)35(59)45-27(40(64)65)12-19(3)4)44-39(63)31(21(6)54)49-38(62)30(17-53)48-37(61)29(16-52)46-32(56)20(5)42-36(60)28(15-51)47-33(57)24(41)14-50/h7-10,18-21,24-31,50-55H,11-17,41H2,1-6H3,(H,42,60)(H,43,58)(H,44,63)(H,45,59)(H,46,56)(H,47,57)(H,48,61)(H,49,62)(H,64,65)/t20-,21+,24-,25-,26-,27-,28-,29-,30-,31-/m0/s1. The monoisotopic (exact) mass is 927 g/mol. The van der Waals surface area contributed by atoms with E-state index in [1.54, 1.807) is 27.7 Å². The second kappa shape index (κ2) is 28.0. The van der Waals surface area contributed by atoms with Gasteiger partial charge in [0.2, 0.25) is 47.3 Å². The number of aliphatic carboxylic acids is 1. The topological polar surface area (TPSA) is 418 Å². The number of carbonyl (C=O) groups is 9. The van der Waals surface area contributed by atoms with E-state index in [2.05, 4.69) is 42.5 Å². The molecule has 0 heterocycles. The second-order valence-electron chi connectivity index (χ2n) is 16.1. The minimum absolute atomic E-state index is 0.0412. The van der Waals surface area contributed by atoms with E-state index in [0.717, 1.165) is 13.8 Å². The lowest BCUT2D eigenvalue weighted by Crippen LogP contribution is -2.62. The van der Waals surface area contributed by atoms with Gasteiger partial charge in [0.15, 0.2) is 0 Å². The van der Waals surface area contributed by atoms with Crippen molar-refractivity contribution in [2.75, 3.05) is 26.4 Å². The van der Waals surface area contributed by atoms with Crippen molar-refractivity contribution in [1.82, 2.24) is 42.5 Å². The number of rotatable bonds is 28. The highest BCUT2D eigenvalue weighted by molar-refractivity contribution is 5.98. The SMILES string of the molecule is CC(C)C[C@H](NC(=O)[C@H](Cc1ccc(O)cc1)NC(=O)[C@H](CC(C)C)NC(=O)[C@@H](NC(=O)[C@H](CO)NC(=O)[C@H](CO)NC(=O)[C@H](C)NC(=O)[C@H](CO)NC(=O)[C@@H](N)CO)[C@@H](C)O)C(=O)O. The summed E-state index contributed by atoms with van der Waals surface area (Å²) in [7, 11) is 0. The van der Waals surface area contributed by atoms with Crippen LogP contribution in [-0.4, -0.2) is 176 Å². The van der Waals surface area contributed by atoms with E-state index in [1.165, 1.54) is 24.3 Å². The summed E-state index contributed by atoms with van der Waals surface area (Å²) >= 11 is 0. The highest BCUT2D eigenvalue weighted by Crippen LogP contribution is 2.14. The Hall–Kier alpha value is -5.99. The zero-order valence-electron chi connectivity index (χ0n) is 37.1. The van der Waals surface area contributed by atoms with Crippen molar-refractivity contribution >= 4 is 53.2 Å². The average Bonchev–Trinajstić information content (AvgIpc) is 3.24. The molecule has 0 fully saturated rings. The van der Waals surface area contributed by atoms with Gasteiger partial charge in [-0.1, -0.05) is 39.8 Å². The van der Waals surface area contributed by atoms with Gasteiger partial charge in [-0.05, 0) is 56.2 Å². The maximum absolute atomic E-state index is 13.8. The van der Waals surface area contributed by atoms with Crippen LogP contribution >= 0.6 is 0 Å². The van der Waals surface area contributed by atoms with Gasteiger partial charge in [0.1, 0.15) is 60.1 Å². The van der Waals surface area contributed by atoms with Crippen LogP contribution in [0.15, 0.2) is 24.3 Å². The fourth-order valence-electron chi connectivity index (χ4n) is 5.83. The summed E-state index contributed by atoms with van der Waals surface area (Å²) in [4.78, 5) is 117. The van der Waals surface area contributed by atoms with Crippen molar-refractivity contribution in [3.8, 4) is 5.75 Å². The van der Waals surface area contributed by atoms with Gasteiger partial charge in [0.25, 0.3) is 0 Å². The number of amides is 8. The van der Waals surface area contributed by atoms with Gasteiger partial charge in [-0.15, -0.1) is 0 Å². The molecule has 0 aliphatic rings. The molecule has 10 atom stereocenters. The first-order valence-electron chi connectivity index (χ1n) is 20.7. The Morgan fingerprint density at radius 1 is 0.492 bits per heavy atom. The van der Waals surface area contributed by atoms with Crippen molar-refractivity contribution in [2.45, 2.75) is 121 Å². The van der Waals surface area contributed by atoms with E-state index in [1.807, 2.05) is 0 Å². The number of benzene rings is 1. The first-order valence-corrected chi connectivity index (χ1v) is 20.7. The van der Waals surface area contributed by atoms with Crippen LogP contribution in [0.25, 0.3) is 0 Å². The minimum Gasteiger partial charge on any atom is -0.508 e. The Labute approximate surface area is 375 Å². The van der Waals surface area contributed by atoms with Gasteiger partial charge in [-0.2, -0.15) is 0 Å². The zero-order valence-corrected chi connectivity index (χ0v) is 37.1. The molecule has 25 heteroatoms. The smallest absolute Gasteiger partial charge is 0.326 e. The predicted molar refractivity (Wildman–Crippen MR) is 227 cm³/mol. The predicted octanol–water partition coefficient (Wildman–Crippen LogP) is -6.31. The number of hydrogen-bond acceptors (Lipinski definition) is 16. The van der Waals surface area contributed by atoms with E-state index >= 15 is 0 Å². The van der Waals surface area contributed by atoms with Crippen molar-refractivity contribution in [3.05, 3.63) is 29.8 Å². The van der Waals surface area contributed by atoms with Crippen LogP contribution in [0.5, 0.6) is 5.75 Å². The van der Waals surface area contributed by atoms with E-state index in [9.17, 15) is 73.8 Å². The third-order valence-electron chi connectivity index (χ3n) is 9.47. The summed E-state index contributed by atoms with van der Waals surface area (Å²) in [6.45, 7) is 5.32. The zero-order chi connectivity index (χ0) is 49.7. The van der Waals surface area contributed by atoms with Gasteiger partial charge >= 0.3 is 5.97 Å². The third kappa shape index (κ3) is 19.7. The Morgan fingerprint density at radius 2 is 0.877 bits per heavy atom. The minimum atomic E-state index is -1.86. The molecule has 1 aromatic carbocycles. The molecule has 65 heavy (non-hydrogen) atoms. The molecule has 0 radical (unpaired) electrons. The number of nitrogens with one attached hydrogen (secondary N) is 8. The van der Waals surface area contributed by atoms with Gasteiger partial charge in [-0.3, -0.25) is 38.4 Å². The summed E-state index contributed by atoms with van der Waals surface area (Å²) in [5, 5.41) is 86.5. The molecular weight excluding hydrogens is 862 g/mol. The third-order valence-corrected chi connectivity index (χ3v) is 9.47. The molecule has 0 saturated carbocycles. The lowest BCUT2D eigenvalue weighted by Gasteiger charge is -2.28. The lowest BCUT2D eigenvalue weighted by molar-refractivity contribution is -0.143. The molecule has 1 aromatic rings. The van der Waals surface area contributed by atoms with Crippen LogP contribution < -0.4 is 48.3 Å². The molecule has 0 aliphatic heterocycles. The number of hydrogen-bond donors (Lipinski definition) is 16. The fourth-order valence-corrected chi connectivity index (χ4v) is 5.83. The van der Waals surface area contributed by atoms with Crippen LogP contribution in [0.3, 0.4) is 0 Å². The van der Waals surface area contributed by atoms with E-state index in [-0.39, 0.29) is 36.8 Å². The number of nitrogens with two attached hydrogens (primary N) is 1. The number of phenolic OH excluding ortho intramolecular Hbond substituents is 1. The average molecular weight is 928 g/mol. The summed E-state index contributed by atoms with van der Waals surface area (Å²) in [5.41, 5.74) is 5.85. The Morgan fingerprint density at radius 3 is 1.34 bits per heavy atom. The molecule has 0 bridgehead atoms. The van der Waals surface area contributed by atoms with Crippen LogP contribution in [0.2, 0.25) is 0 Å². The largest absolute Gasteiger partial charge is 0.508 e. The summed E-state index contributed by atoms with van der Waals surface area (Å²) in [5.74, 6) is -10.2. The number of carbonyl (C=O) groups excluding carboxylic acids is 8. The maximum Gasteiger partial charge on any atom is 0.326 e. The molecule has 1 rings (SSSR count). The van der Waals surface area contributed by atoms with Crippen molar-refractivity contribution in [1.29, 1.82) is 0 Å². The van der Waals surface area contributed by atoms with Crippen molar-refractivity contribution in [3.63, 3.8) is 0 Å². The first-order chi connectivity index (χ1) is 30.4. The molecule has 0 aliphatic carbocycles. The highest BCUT2D eigenvalue weighted by Gasteiger charge is 2.36. The molecule has 17 N–H and O–H groups in total. The fraction of sp³-hybridized carbons (Fsp3) is 0.625. The van der Waals surface area contributed by atoms with E-state index in [4.69, 9.17) is 10.8 Å². The van der Waals surface area contributed by atoms with E-state index < -0.39 is 140 Å². The highest BCUT2D eigenvalue weighted by atomic mass is 16.4. The molecule has 8 amide bonds. The number of carboxylic acid groups (broad SMARTS) is 1. The molecule has 0 aromatic heterocycles. The maximum atomic E-state index is 13.8. The Balaban J connectivity index is 3.18. The first kappa shape index (κ1) is 57.0. The Kier molecular flexibility index (Phi) is 24.6. The molecule has 0 spiro atoms.